The number of carbonyl (C=O) groups excluding carboxylic acids is 1. The van der Waals surface area contributed by atoms with E-state index in [4.69, 9.17) is 14.2 Å². The van der Waals surface area contributed by atoms with Crippen molar-refractivity contribution in [3.63, 3.8) is 0 Å². The number of likely N-dealkylation sites (tertiary alicyclic amines) is 1. The van der Waals surface area contributed by atoms with Crippen LogP contribution in [0.5, 0.6) is 0 Å². The van der Waals surface area contributed by atoms with Gasteiger partial charge in [0, 0.05) is 44.3 Å². The fraction of sp³-hybridized carbons (Fsp3) is 0.500. The molecular formula is C26H34N2O5. The lowest BCUT2D eigenvalue weighted by atomic mass is 9.99. The van der Waals surface area contributed by atoms with Gasteiger partial charge in [-0.25, -0.2) is 0 Å². The maximum atomic E-state index is 11.3. The molecule has 2 aromatic rings. The Morgan fingerprint density at radius 2 is 1.85 bits per heavy atom. The van der Waals surface area contributed by atoms with Crippen LogP contribution in [-0.2, 0) is 25.6 Å². The summed E-state index contributed by atoms with van der Waals surface area (Å²) < 4.78 is 18.3. The zero-order valence-electron chi connectivity index (χ0n) is 19.4. The lowest BCUT2D eigenvalue weighted by Gasteiger charge is -2.38. The van der Waals surface area contributed by atoms with Gasteiger partial charge in [-0.05, 0) is 42.6 Å². The summed E-state index contributed by atoms with van der Waals surface area (Å²) in [6, 6.07) is 16.0. The number of hydrogen-bond donors (Lipinski definition) is 2. The van der Waals surface area contributed by atoms with Crippen LogP contribution in [0.1, 0.15) is 55.3 Å². The molecule has 0 aromatic heterocycles. The summed E-state index contributed by atoms with van der Waals surface area (Å²) in [6.07, 6.45) is 2.49. The molecule has 7 heteroatoms. The van der Waals surface area contributed by atoms with Crippen LogP contribution in [0.3, 0.4) is 0 Å². The molecule has 4 atom stereocenters. The van der Waals surface area contributed by atoms with E-state index >= 15 is 0 Å². The topological polar surface area (TPSA) is 80.3 Å². The molecule has 7 nitrogen and oxygen atoms in total. The van der Waals surface area contributed by atoms with Crippen molar-refractivity contribution < 1.29 is 24.1 Å². The molecule has 1 amide bonds. The summed E-state index contributed by atoms with van der Waals surface area (Å²) in [5.74, 6) is -0.101. The normalized spacial score (nSPS) is 25.8. The van der Waals surface area contributed by atoms with E-state index in [1.807, 2.05) is 48.5 Å². The van der Waals surface area contributed by atoms with E-state index < -0.39 is 6.29 Å². The molecule has 0 radical (unpaired) electrons. The first-order valence-electron chi connectivity index (χ1n) is 11.7. The minimum absolute atomic E-state index is 0.0127. The monoisotopic (exact) mass is 454 g/mol. The fourth-order valence-electron chi connectivity index (χ4n) is 4.74. The average Bonchev–Trinajstić information content (AvgIpc) is 3.26. The number of hydrogen-bond acceptors (Lipinski definition) is 6. The van der Waals surface area contributed by atoms with E-state index in [-0.39, 0.29) is 24.7 Å². The number of nitrogens with zero attached hydrogens (tertiary/aromatic N) is 1. The van der Waals surface area contributed by atoms with Crippen LogP contribution in [0.2, 0.25) is 0 Å². The second kappa shape index (κ2) is 11.2. The molecule has 4 rings (SSSR count). The van der Waals surface area contributed by atoms with Gasteiger partial charge in [0.15, 0.2) is 6.29 Å². The van der Waals surface area contributed by atoms with Gasteiger partial charge in [0.1, 0.15) is 0 Å². The minimum Gasteiger partial charge on any atom is -0.392 e. The van der Waals surface area contributed by atoms with Gasteiger partial charge in [0.2, 0.25) is 5.91 Å². The number of aliphatic hydroxyl groups is 1. The summed E-state index contributed by atoms with van der Waals surface area (Å²) in [5.41, 5.74) is 3.62. The molecule has 2 aliphatic rings. The fourth-order valence-corrected chi connectivity index (χ4v) is 4.74. The van der Waals surface area contributed by atoms with Crippen molar-refractivity contribution in [2.24, 2.45) is 0 Å². The van der Waals surface area contributed by atoms with Crippen molar-refractivity contribution in [2.45, 2.75) is 57.3 Å². The first kappa shape index (κ1) is 23.9. The van der Waals surface area contributed by atoms with Crippen LogP contribution in [0.25, 0.3) is 0 Å². The van der Waals surface area contributed by atoms with E-state index in [1.54, 1.807) is 7.11 Å². The Balaban J connectivity index is 1.53. The molecule has 2 aromatic carbocycles. The van der Waals surface area contributed by atoms with Gasteiger partial charge in [0.05, 0.1) is 25.4 Å². The van der Waals surface area contributed by atoms with E-state index in [2.05, 4.69) is 10.2 Å². The maximum Gasteiger partial charge on any atom is 0.221 e. The standard InChI is InChI=1S/C26H34N2O5/c1-18(30)27-22-11-9-21(10-12-22)26-32-24(15-28-13-3-4-23(28)17-31-2)14-25(33-26)20-7-5-19(16-29)6-8-20/h5-12,23-26,29H,3-4,13-17H2,1-2H3,(H,27,30). The SMILES string of the molecule is COCC1CCCN1CC1CC(c2ccc(CO)cc2)OC(c2ccc(NC(C)=O)cc2)O1. The number of ether oxygens (including phenoxy) is 3. The third-order valence-electron chi connectivity index (χ3n) is 6.41. The van der Waals surface area contributed by atoms with Crippen LogP contribution < -0.4 is 5.32 Å². The van der Waals surface area contributed by atoms with Gasteiger partial charge in [-0.1, -0.05) is 36.4 Å². The predicted molar refractivity (Wildman–Crippen MR) is 126 cm³/mol. The first-order chi connectivity index (χ1) is 16.1. The number of carbonyl (C=O) groups is 1. The van der Waals surface area contributed by atoms with Crippen LogP contribution in [0, 0.1) is 0 Å². The summed E-state index contributed by atoms with van der Waals surface area (Å²) in [5, 5.41) is 12.2. The molecule has 0 spiro atoms. The highest BCUT2D eigenvalue weighted by Crippen LogP contribution is 2.39. The second-order valence-electron chi connectivity index (χ2n) is 8.90. The van der Waals surface area contributed by atoms with Gasteiger partial charge >= 0.3 is 0 Å². The highest BCUT2D eigenvalue weighted by Gasteiger charge is 2.35. The molecular weight excluding hydrogens is 420 g/mol. The van der Waals surface area contributed by atoms with Crippen LogP contribution in [-0.4, -0.2) is 54.9 Å². The molecule has 0 saturated carbocycles. The highest BCUT2D eigenvalue weighted by molar-refractivity contribution is 5.88. The van der Waals surface area contributed by atoms with Gasteiger partial charge in [0.25, 0.3) is 0 Å². The largest absolute Gasteiger partial charge is 0.392 e. The molecule has 0 bridgehead atoms. The highest BCUT2D eigenvalue weighted by atomic mass is 16.7. The number of rotatable bonds is 8. The minimum atomic E-state index is -0.499. The van der Waals surface area contributed by atoms with Gasteiger partial charge in [-0.3, -0.25) is 9.69 Å². The van der Waals surface area contributed by atoms with Crippen LogP contribution in [0.4, 0.5) is 5.69 Å². The second-order valence-corrected chi connectivity index (χ2v) is 8.90. The third kappa shape index (κ3) is 6.19. The molecule has 2 heterocycles. The molecule has 178 valence electrons. The molecule has 2 saturated heterocycles. The summed E-state index contributed by atoms with van der Waals surface area (Å²) in [4.78, 5) is 13.8. The van der Waals surface area contributed by atoms with Crippen molar-refractivity contribution >= 4 is 11.6 Å². The number of amides is 1. The van der Waals surface area contributed by atoms with Crippen molar-refractivity contribution in [2.75, 3.05) is 32.1 Å². The number of anilines is 1. The molecule has 33 heavy (non-hydrogen) atoms. The van der Waals surface area contributed by atoms with Crippen molar-refractivity contribution in [1.82, 2.24) is 4.90 Å². The molecule has 2 fully saturated rings. The van der Waals surface area contributed by atoms with Crippen molar-refractivity contribution in [3.05, 3.63) is 65.2 Å². The Bertz CT molecular complexity index is 902. The lowest BCUT2D eigenvalue weighted by molar-refractivity contribution is -0.253. The zero-order chi connectivity index (χ0) is 23.2. The molecule has 2 N–H and O–H groups in total. The number of nitrogens with one attached hydrogen (secondary N) is 1. The maximum absolute atomic E-state index is 11.3. The Labute approximate surface area is 195 Å². The number of aliphatic hydroxyl groups excluding tert-OH is 1. The van der Waals surface area contributed by atoms with Crippen molar-refractivity contribution in [3.8, 4) is 0 Å². The molecule has 2 aliphatic heterocycles. The first-order valence-corrected chi connectivity index (χ1v) is 11.7. The predicted octanol–water partition coefficient (Wildman–Crippen LogP) is 3.79. The third-order valence-corrected chi connectivity index (χ3v) is 6.41. The summed E-state index contributed by atoms with van der Waals surface area (Å²) in [6.45, 7) is 4.15. The lowest BCUT2D eigenvalue weighted by Crippen LogP contribution is -2.42. The van der Waals surface area contributed by atoms with Gasteiger partial charge < -0.3 is 24.6 Å². The van der Waals surface area contributed by atoms with E-state index in [9.17, 15) is 9.90 Å². The number of methoxy groups -OCH3 is 1. The summed E-state index contributed by atoms with van der Waals surface area (Å²) in [7, 11) is 1.76. The molecule has 4 unspecified atom stereocenters. The van der Waals surface area contributed by atoms with Crippen molar-refractivity contribution in [1.29, 1.82) is 0 Å². The number of benzene rings is 2. The Hall–Kier alpha value is -2.29. The Kier molecular flexibility index (Phi) is 8.11. The van der Waals surface area contributed by atoms with E-state index in [0.717, 1.165) is 54.9 Å². The van der Waals surface area contributed by atoms with Gasteiger partial charge in [-0.15, -0.1) is 0 Å². The smallest absolute Gasteiger partial charge is 0.221 e. The quantitative estimate of drug-likeness (QED) is 0.632. The van der Waals surface area contributed by atoms with E-state index in [1.165, 1.54) is 13.3 Å². The zero-order valence-corrected chi connectivity index (χ0v) is 19.4. The summed E-state index contributed by atoms with van der Waals surface area (Å²) >= 11 is 0. The average molecular weight is 455 g/mol. The van der Waals surface area contributed by atoms with Crippen LogP contribution >= 0.6 is 0 Å². The van der Waals surface area contributed by atoms with Gasteiger partial charge in [-0.2, -0.15) is 0 Å². The Morgan fingerprint density at radius 1 is 1.12 bits per heavy atom. The Morgan fingerprint density at radius 3 is 2.52 bits per heavy atom. The van der Waals surface area contributed by atoms with E-state index in [0.29, 0.717) is 6.04 Å². The molecule has 0 aliphatic carbocycles. The van der Waals surface area contributed by atoms with Crippen LogP contribution in [0.15, 0.2) is 48.5 Å².